The summed E-state index contributed by atoms with van der Waals surface area (Å²) in [6.45, 7) is 4.04. The quantitative estimate of drug-likeness (QED) is 0.290. The number of rotatable bonds is 13. The van der Waals surface area contributed by atoms with Crippen LogP contribution in [0.1, 0.15) is 74.5 Å². The molecule has 3 N–H and O–H groups in total. The molecule has 0 saturated heterocycles. The van der Waals surface area contributed by atoms with Gasteiger partial charge in [-0.1, -0.05) is 56.5 Å². The summed E-state index contributed by atoms with van der Waals surface area (Å²) in [6.07, 6.45) is 14.8. The van der Waals surface area contributed by atoms with E-state index < -0.39 is 12.2 Å². The second-order valence-electron chi connectivity index (χ2n) is 9.84. The molecule has 184 valence electrons. The third-order valence-corrected chi connectivity index (χ3v) is 7.28. The first-order valence-electron chi connectivity index (χ1n) is 13.1. The van der Waals surface area contributed by atoms with E-state index in [4.69, 9.17) is 4.74 Å². The van der Waals surface area contributed by atoms with Crippen molar-refractivity contribution in [3.8, 4) is 5.75 Å². The van der Waals surface area contributed by atoms with Gasteiger partial charge in [0.1, 0.15) is 11.9 Å². The van der Waals surface area contributed by atoms with Crippen LogP contribution in [0.5, 0.6) is 5.75 Å². The molecular formula is C29H40N2O3. The lowest BCUT2D eigenvalue weighted by Crippen LogP contribution is -2.17. The molecule has 1 aliphatic heterocycles. The van der Waals surface area contributed by atoms with Crippen molar-refractivity contribution in [2.45, 2.75) is 89.1 Å². The molecule has 2 aliphatic rings. The van der Waals surface area contributed by atoms with E-state index in [1.165, 1.54) is 16.7 Å². The summed E-state index contributed by atoms with van der Waals surface area (Å²) < 4.78 is 6.41. The van der Waals surface area contributed by atoms with E-state index in [-0.39, 0.29) is 17.9 Å². The molecule has 1 aromatic heterocycles. The lowest BCUT2D eigenvalue weighted by atomic mass is 9.86. The van der Waals surface area contributed by atoms with Crippen molar-refractivity contribution in [2.75, 3.05) is 6.54 Å². The predicted molar refractivity (Wildman–Crippen MR) is 136 cm³/mol. The molecule has 0 spiro atoms. The number of benzene rings is 1. The molecule has 0 radical (unpaired) electrons. The summed E-state index contributed by atoms with van der Waals surface area (Å²) in [5.74, 6) is 1.21. The van der Waals surface area contributed by atoms with Crippen LogP contribution in [0.15, 0.2) is 54.9 Å². The molecule has 2 aromatic rings. The summed E-state index contributed by atoms with van der Waals surface area (Å²) in [7, 11) is 0. The zero-order valence-corrected chi connectivity index (χ0v) is 20.4. The smallest absolute Gasteiger partial charge is 0.126 e. The number of aliphatic hydroxyl groups is 2. The maximum absolute atomic E-state index is 10.7. The Morgan fingerprint density at radius 3 is 2.82 bits per heavy atom. The van der Waals surface area contributed by atoms with E-state index >= 15 is 0 Å². The minimum atomic E-state index is -0.432. The maximum atomic E-state index is 10.7. The first-order valence-corrected chi connectivity index (χ1v) is 13.1. The second kappa shape index (κ2) is 12.5. The number of ether oxygens (including phenoxy) is 1. The van der Waals surface area contributed by atoms with Gasteiger partial charge in [-0.3, -0.25) is 4.98 Å². The Labute approximate surface area is 204 Å². The molecule has 0 bridgehead atoms. The van der Waals surface area contributed by atoms with Gasteiger partial charge in [0.25, 0.3) is 0 Å². The van der Waals surface area contributed by atoms with E-state index in [0.29, 0.717) is 6.42 Å². The van der Waals surface area contributed by atoms with Crippen LogP contribution in [0, 0.1) is 5.92 Å². The number of unbranched alkanes of at least 4 members (excludes halogenated alkanes) is 3. The van der Waals surface area contributed by atoms with Gasteiger partial charge in [0.05, 0.1) is 12.2 Å². The Bertz CT molecular complexity index is 917. The fraction of sp³-hybridized carbons (Fsp3) is 0.552. The molecule has 0 unspecified atom stereocenters. The van der Waals surface area contributed by atoms with Crippen molar-refractivity contribution in [1.82, 2.24) is 10.3 Å². The number of fused-ring (bicyclic) bond motifs is 3. The number of aliphatic hydroxyl groups excluding tert-OH is 2. The summed E-state index contributed by atoms with van der Waals surface area (Å²) >= 11 is 0. The Kier molecular flexibility index (Phi) is 9.14. The highest BCUT2D eigenvalue weighted by atomic mass is 16.5. The Balaban J connectivity index is 1.30. The lowest BCUT2D eigenvalue weighted by molar-refractivity contribution is 0.135. The van der Waals surface area contributed by atoms with Crippen LogP contribution in [-0.4, -0.2) is 40.1 Å². The van der Waals surface area contributed by atoms with Crippen molar-refractivity contribution < 1.29 is 14.9 Å². The van der Waals surface area contributed by atoms with Crippen LogP contribution in [0.4, 0.5) is 0 Å². The van der Waals surface area contributed by atoms with Gasteiger partial charge >= 0.3 is 0 Å². The van der Waals surface area contributed by atoms with Crippen molar-refractivity contribution in [1.29, 1.82) is 0 Å². The van der Waals surface area contributed by atoms with Crippen molar-refractivity contribution in [3.63, 3.8) is 0 Å². The number of nitrogens with zero attached hydrogens (tertiary/aromatic N) is 1. The molecule has 34 heavy (non-hydrogen) atoms. The topological polar surface area (TPSA) is 74.6 Å². The average molecular weight is 465 g/mol. The second-order valence-corrected chi connectivity index (χ2v) is 9.84. The van der Waals surface area contributed by atoms with E-state index in [9.17, 15) is 10.2 Å². The number of pyridine rings is 1. The number of aryl methyl sites for hydroxylation is 1. The molecule has 2 heterocycles. The van der Waals surface area contributed by atoms with Crippen molar-refractivity contribution in [2.24, 2.45) is 5.92 Å². The van der Waals surface area contributed by atoms with Crippen molar-refractivity contribution >= 4 is 0 Å². The van der Waals surface area contributed by atoms with E-state index in [1.807, 2.05) is 36.7 Å². The SMILES string of the molecule is CCCCC[C@H](O)/C=C/[C@@H]1[C@H]2c3cccc(CCCCNCc4ccncc4)c3O[C@H]2C[C@H]1O. The van der Waals surface area contributed by atoms with Gasteiger partial charge in [-0.15, -0.1) is 0 Å². The summed E-state index contributed by atoms with van der Waals surface area (Å²) in [5, 5.41) is 24.5. The predicted octanol–water partition coefficient (Wildman–Crippen LogP) is 4.92. The van der Waals surface area contributed by atoms with E-state index in [2.05, 4.69) is 35.4 Å². The fourth-order valence-corrected chi connectivity index (χ4v) is 5.42. The third-order valence-electron chi connectivity index (χ3n) is 7.28. The van der Waals surface area contributed by atoms with Gasteiger partial charge in [0.2, 0.25) is 0 Å². The number of hydrogen-bond donors (Lipinski definition) is 3. The van der Waals surface area contributed by atoms with E-state index in [0.717, 1.165) is 63.8 Å². The van der Waals surface area contributed by atoms with Gasteiger partial charge in [0, 0.05) is 42.8 Å². The Morgan fingerprint density at radius 1 is 1.15 bits per heavy atom. The summed E-state index contributed by atoms with van der Waals surface area (Å²) in [4.78, 5) is 4.06. The molecule has 5 atom stereocenters. The monoisotopic (exact) mass is 464 g/mol. The average Bonchev–Trinajstić information content (AvgIpc) is 3.35. The zero-order chi connectivity index (χ0) is 23.8. The molecular weight excluding hydrogens is 424 g/mol. The molecule has 1 aliphatic carbocycles. The molecule has 5 heteroatoms. The van der Waals surface area contributed by atoms with Crippen LogP contribution in [0.25, 0.3) is 0 Å². The molecule has 1 saturated carbocycles. The largest absolute Gasteiger partial charge is 0.489 e. The molecule has 0 amide bonds. The van der Waals surface area contributed by atoms with Crippen LogP contribution in [0.3, 0.4) is 0 Å². The van der Waals surface area contributed by atoms with Gasteiger partial charge in [-0.2, -0.15) is 0 Å². The normalized spacial score (nSPS) is 24.2. The van der Waals surface area contributed by atoms with Crippen LogP contribution >= 0.6 is 0 Å². The highest BCUT2D eigenvalue weighted by Gasteiger charge is 2.48. The number of hydrogen-bond acceptors (Lipinski definition) is 5. The molecule has 4 rings (SSSR count). The molecule has 1 fully saturated rings. The lowest BCUT2D eigenvalue weighted by Gasteiger charge is -2.18. The van der Waals surface area contributed by atoms with E-state index in [1.54, 1.807) is 0 Å². The highest BCUT2D eigenvalue weighted by Crippen LogP contribution is 2.52. The first-order chi connectivity index (χ1) is 16.7. The van der Waals surface area contributed by atoms with Crippen LogP contribution in [-0.2, 0) is 13.0 Å². The minimum Gasteiger partial charge on any atom is -0.489 e. The Hall–Kier alpha value is -2.21. The number of aromatic nitrogens is 1. The van der Waals surface area contributed by atoms with Crippen molar-refractivity contribution in [3.05, 3.63) is 71.6 Å². The Morgan fingerprint density at radius 2 is 2.00 bits per heavy atom. The van der Waals surface area contributed by atoms with Gasteiger partial charge in [-0.05, 0) is 55.5 Å². The highest BCUT2D eigenvalue weighted by molar-refractivity contribution is 5.49. The first kappa shape index (κ1) is 24.9. The minimum absolute atomic E-state index is 0.000267. The maximum Gasteiger partial charge on any atom is 0.126 e. The molecule has 5 nitrogen and oxygen atoms in total. The number of nitrogens with one attached hydrogen (secondary N) is 1. The third kappa shape index (κ3) is 6.26. The standard InChI is InChI=1S/C29H40N2O3/c1-2-3-4-10-23(32)12-13-24-26(33)19-27-28(24)25-11-7-9-22(29(25)34-27)8-5-6-16-31-20-21-14-17-30-18-15-21/h7,9,11-15,17-18,23-24,26-28,31-33H,2-6,8,10,16,19-20H2,1H3/b13-12+/t23-,24-,26+,27-,28-/m0/s1. The fourth-order valence-electron chi connectivity index (χ4n) is 5.42. The molecule has 1 aromatic carbocycles. The van der Waals surface area contributed by atoms with Crippen LogP contribution in [0.2, 0.25) is 0 Å². The summed E-state index contributed by atoms with van der Waals surface area (Å²) in [5.41, 5.74) is 3.76. The van der Waals surface area contributed by atoms with Crippen LogP contribution < -0.4 is 10.1 Å². The van der Waals surface area contributed by atoms with Gasteiger partial charge < -0.3 is 20.3 Å². The summed E-state index contributed by atoms with van der Waals surface area (Å²) in [6, 6.07) is 10.6. The number of para-hydroxylation sites is 1. The van der Waals surface area contributed by atoms with Gasteiger partial charge in [0.15, 0.2) is 0 Å². The van der Waals surface area contributed by atoms with Gasteiger partial charge in [-0.25, -0.2) is 0 Å². The zero-order valence-electron chi connectivity index (χ0n) is 20.4.